The minimum atomic E-state index is -4.80. The van der Waals surface area contributed by atoms with Gasteiger partial charge >= 0.3 is 6.36 Å². The standard InChI is InChI=1S/C32H40F3N3O6S/c1-22(2)43-28-18-25(17-26(19-28)38-13-6-7-14-45(38,41)42)31(40)37-29(16-23-9-4-3-5-10-23)30(39)21-36-20-24-11-8-12-27(15-24)44-32(33,34)35/h3-5,8-12,15,17-19,22,29-30,36,39,41-42H,6-7,13-14,16,20-21H2,1-2H3,(H,37,40)/t29-,30-/m0/s1. The summed E-state index contributed by atoms with van der Waals surface area (Å²) in [5, 5.41) is 17.2. The third-order valence-corrected chi connectivity index (χ3v) is 9.03. The average Bonchev–Trinajstić information content (AvgIpc) is 2.96. The van der Waals surface area contributed by atoms with Gasteiger partial charge in [0.1, 0.15) is 11.5 Å². The fourth-order valence-electron chi connectivity index (χ4n) is 5.07. The number of hydrogen-bond donors (Lipinski definition) is 5. The van der Waals surface area contributed by atoms with E-state index in [1.807, 2.05) is 44.2 Å². The Morgan fingerprint density at radius 3 is 2.40 bits per heavy atom. The Balaban J connectivity index is 1.51. The van der Waals surface area contributed by atoms with E-state index < -0.39 is 35.2 Å². The molecule has 1 saturated heterocycles. The molecule has 0 saturated carbocycles. The van der Waals surface area contributed by atoms with Crippen molar-refractivity contribution in [3.8, 4) is 11.5 Å². The second-order valence-corrected chi connectivity index (χ2v) is 13.3. The van der Waals surface area contributed by atoms with Gasteiger partial charge in [-0.05, 0) is 68.5 Å². The largest absolute Gasteiger partial charge is 0.573 e. The van der Waals surface area contributed by atoms with Crippen molar-refractivity contribution in [3.63, 3.8) is 0 Å². The predicted octanol–water partition coefficient (Wildman–Crippen LogP) is 6.13. The van der Waals surface area contributed by atoms with E-state index in [9.17, 15) is 32.2 Å². The van der Waals surface area contributed by atoms with Crippen molar-refractivity contribution in [2.75, 3.05) is 23.1 Å². The SMILES string of the molecule is CC(C)Oc1cc(C(=O)N[C@@H](Cc2ccccc2)[C@@H](O)CNCc2cccc(OC(F)(F)F)c2)cc(N2CCCCS2(O)O)c1. The van der Waals surface area contributed by atoms with Gasteiger partial charge in [0.15, 0.2) is 0 Å². The lowest BCUT2D eigenvalue weighted by Crippen LogP contribution is -2.48. The topological polar surface area (TPSA) is 124 Å². The Hall–Kier alpha value is -3.49. The normalized spacial score (nSPS) is 17.0. The van der Waals surface area contributed by atoms with Gasteiger partial charge in [-0.1, -0.05) is 42.5 Å². The fraction of sp³-hybridized carbons (Fsp3) is 0.406. The monoisotopic (exact) mass is 651 g/mol. The predicted molar refractivity (Wildman–Crippen MR) is 169 cm³/mol. The molecule has 0 unspecified atom stereocenters. The molecule has 1 amide bonds. The number of hydrogen-bond acceptors (Lipinski definition) is 8. The lowest BCUT2D eigenvalue weighted by Gasteiger charge is -2.47. The van der Waals surface area contributed by atoms with Gasteiger partial charge in [0, 0.05) is 31.3 Å². The summed E-state index contributed by atoms with van der Waals surface area (Å²) in [6.07, 6.45) is -4.32. The Morgan fingerprint density at radius 2 is 1.71 bits per heavy atom. The molecule has 0 aliphatic carbocycles. The highest BCUT2D eigenvalue weighted by Gasteiger charge is 2.31. The Kier molecular flexibility index (Phi) is 11.6. The molecule has 13 heteroatoms. The molecule has 3 aromatic rings. The highest BCUT2D eigenvalue weighted by Crippen LogP contribution is 2.50. The number of halogens is 3. The summed E-state index contributed by atoms with van der Waals surface area (Å²) in [7, 11) is -3.05. The Labute approximate surface area is 262 Å². The molecule has 1 aliphatic rings. The zero-order chi connectivity index (χ0) is 32.6. The lowest BCUT2D eigenvalue weighted by atomic mass is 10.00. The van der Waals surface area contributed by atoms with Crippen molar-refractivity contribution in [3.05, 3.63) is 89.5 Å². The summed E-state index contributed by atoms with van der Waals surface area (Å²) in [5.41, 5.74) is 2.07. The first-order valence-corrected chi connectivity index (χ1v) is 16.4. The zero-order valence-electron chi connectivity index (χ0n) is 25.2. The first kappa shape index (κ1) is 34.4. The first-order chi connectivity index (χ1) is 21.3. The van der Waals surface area contributed by atoms with E-state index in [2.05, 4.69) is 15.4 Å². The number of amides is 1. The second-order valence-electron chi connectivity index (χ2n) is 11.2. The zero-order valence-corrected chi connectivity index (χ0v) is 26.0. The van der Waals surface area contributed by atoms with Crippen LogP contribution in [-0.4, -0.2) is 63.6 Å². The van der Waals surface area contributed by atoms with Crippen LogP contribution in [0, 0.1) is 0 Å². The van der Waals surface area contributed by atoms with E-state index in [-0.39, 0.29) is 36.3 Å². The number of aliphatic hydroxyl groups excluding tert-OH is 1. The van der Waals surface area contributed by atoms with Gasteiger partial charge in [-0.15, -0.1) is 23.9 Å². The van der Waals surface area contributed by atoms with Crippen LogP contribution >= 0.6 is 10.8 Å². The van der Waals surface area contributed by atoms with Crippen LogP contribution in [0.1, 0.15) is 48.2 Å². The van der Waals surface area contributed by atoms with Gasteiger partial charge in [0.2, 0.25) is 0 Å². The van der Waals surface area contributed by atoms with Crippen molar-refractivity contribution >= 4 is 22.4 Å². The van der Waals surface area contributed by atoms with Gasteiger partial charge in [-0.25, -0.2) is 0 Å². The molecule has 9 nitrogen and oxygen atoms in total. The first-order valence-electron chi connectivity index (χ1n) is 14.7. The molecule has 1 fully saturated rings. The molecule has 0 bridgehead atoms. The number of carbonyl (C=O) groups excluding carboxylic acids is 1. The molecule has 0 aromatic heterocycles. The van der Waals surface area contributed by atoms with Crippen LogP contribution in [0.25, 0.3) is 0 Å². The smallest absolute Gasteiger partial charge is 0.491 e. The molecule has 45 heavy (non-hydrogen) atoms. The number of carbonyl (C=O) groups is 1. The molecular formula is C32H40F3N3O6S. The fourth-order valence-corrected chi connectivity index (χ4v) is 6.74. The molecule has 0 radical (unpaired) electrons. The van der Waals surface area contributed by atoms with E-state index in [1.165, 1.54) is 22.5 Å². The van der Waals surface area contributed by atoms with Crippen LogP contribution in [0.3, 0.4) is 0 Å². The van der Waals surface area contributed by atoms with Crippen LogP contribution < -0.4 is 24.4 Å². The molecule has 4 rings (SSSR count). The van der Waals surface area contributed by atoms with E-state index >= 15 is 0 Å². The quantitative estimate of drug-likeness (QED) is 0.150. The third-order valence-electron chi connectivity index (χ3n) is 7.09. The number of aliphatic hydroxyl groups is 1. The third kappa shape index (κ3) is 10.5. The van der Waals surface area contributed by atoms with Gasteiger partial charge < -0.3 is 25.2 Å². The summed E-state index contributed by atoms with van der Waals surface area (Å²) < 4.78 is 70.7. The summed E-state index contributed by atoms with van der Waals surface area (Å²) in [6.45, 7) is 4.29. The molecule has 246 valence electrons. The molecule has 2 atom stereocenters. The van der Waals surface area contributed by atoms with Crippen molar-refractivity contribution in [1.82, 2.24) is 10.6 Å². The average molecular weight is 652 g/mol. The summed E-state index contributed by atoms with van der Waals surface area (Å²) in [5.74, 6) is -0.199. The van der Waals surface area contributed by atoms with E-state index in [0.29, 0.717) is 36.4 Å². The molecule has 1 heterocycles. The number of benzene rings is 3. The summed E-state index contributed by atoms with van der Waals surface area (Å²) in [6, 6.07) is 19.0. The summed E-state index contributed by atoms with van der Waals surface area (Å²) in [4.78, 5) is 13.7. The van der Waals surface area contributed by atoms with Crippen LogP contribution in [0.2, 0.25) is 0 Å². The maximum absolute atomic E-state index is 13.7. The number of nitrogens with one attached hydrogen (secondary N) is 2. The number of nitrogens with zero attached hydrogens (tertiary/aromatic N) is 1. The van der Waals surface area contributed by atoms with E-state index in [4.69, 9.17) is 4.74 Å². The highest BCUT2D eigenvalue weighted by molar-refractivity contribution is 8.25. The highest BCUT2D eigenvalue weighted by atomic mass is 32.3. The van der Waals surface area contributed by atoms with E-state index in [1.54, 1.807) is 24.3 Å². The van der Waals surface area contributed by atoms with Gasteiger partial charge in [-0.2, -0.15) is 0 Å². The van der Waals surface area contributed by atoms with E-state index in [0.717, 1.165) is 12.0 Å². The number of rotatable bonds is 13. The molecule has 0 spiro atoms. The molecule has 1 aliphatic heterocycles. The molecule has 5 N–H and O–H groups in total. The number of ether oxygens (including phenoxy) is 2. The maximum Gasteiger partial charge on any atom is 0.573 e. The van der Waals surface area contributed by atoms with Crippen molar-refractivity contribution in [1.29, 1.82) is 0 Å². The Bertz CT molecular complexity index is 1410. The van der Waals surface area contributed by atoms with Crippen molar-refractivity contribution in [2.24, 2.45) is 0 Å². The maximum atomic E-state index is 13.7. The lowest BCUT2D eigenvalue weighted by molar-refractivity contribution is -0.274. The Morgan fingerprint density at radius 1 is 0.978 bits per heavy atom. The van der Waals surface area contributed by atoms with Crippen molar-refractivity contribution < 1.29 is 41.7 Å². The van der Waals surface area contributed by atoms with Crippen molar-refractivity contribution in [2.45, 2.75) is 64.3 Å². The number of alkyl halides is 3. The molecular weight excluding hydrogens is 611 g/mol. The van der Waals surface area contributed by atoms with Crippen LogP contribution in [0.15, 0.2) is 72.8 Å². The summed E-state index contributed by atoms with van der Waals surface area (Å²) >= 11 is 0. The van der Waals surface area contributed by atoms with Gasteiger partial charge in [0.25, 0.3) is 5.91 Å². The van der Waals surface area contributed by atoms with Gasteiger partial charge in [0.05, 0.1) is 29.7 Å². The minimum Gasteiger partial charge on any atom is -0.491 e. The van der Waals surface area contributed by atoms with Crippen LogP contribution in [0.4, 0.5) is 18.9 Å². The minimum absolute atomic E-state index is 0.0264. The second kappa shape index (κ2) is 15.2. The molecule has 3 aromatic carbocycles. The van der Waals surface area contributed by atoms with Crippen LogP contribution in [-0.2, 0) is 13.0 Å². The number of anilines is 1. The van der Waals surface area contributed by atoms with Crippen LogP contribution in [0.5, 0.6) is 11.5 Å². The van der Waals surface area contributed by atoms with Gasteiger partial charge in [-0.3, -0.25) is 18.2 Å².